The normalized spacial score (nSPS) is 11.3. The van der Waals surface area contributed by atoms with E-state index in [0.29, 0.717) is 24.0 Å². The third kappa shape index (κ3) is 4.52. The molecule has 0 aliphatic carbocycles. The predicted molar refractivity (Wildman–Crippen MR) is 106 cm³/mol. The molecule has 0 aliphatic heterocycles. The standard InChI is InChI=1S/C22H18N2O4S/c25-29(26,19-9-5-2-6-10-19)20-13-11-18(12-14-20)27-16-22-24-23-21(28-22)15-17-7-3-1-4-8-17/h1-14H,15-16H2. The monoisotopic (exact) mass is 406 g/mol. The van der Waals surface area contributed by atoms with Gasteiger partial charge < -0.3 is 9.15 Å². The van der Waals surface area contributed by atoms with E-state index in [0.717, 1.165) is 5.56 Å². The highest BCUT2D eigenvalue weighted by atomic mass is 32.2. The lowest BCUT2D eigenvalue weighted by Crippen LogP contribution is -2.02. The molecule has 0 radical (unpaired) electrons. The van der Waals surface area contributed by atoms with E-state index in [4.69, 9.17) is 9.15 Å². The van der Waals surface area contributed by atoms with E-state index in [2.05, 4.69) is 10.2 Å². The van der Waals surface area contributed by atoms with E-state index < -0.39 is 9.84 Å². The Morgan fingerprint density at radius 2 is 1.31 bits per heavy atom. The zero-order valence-corrected chi connectivity index (χ0v) is 16.2. The Bertz CT molecular complexity index is 1170. The van der Waals surface area contributed by atoms with Crippen LogP contribution in [0.5, 0.6) is 5.75 Å². The van der Waals surface area contributed by atoms with Crippen LogP contribution in [0.15, 0.2) is 99.1 Å². The number of hydrogen-bond donors (Lipinski definition) is 0. The first-order valence-electron chi connectivity index (χ1n) is 8.99. The fourth-order valence-electron chi connectivity index (χ4n) is 2.78. The molecular formula is C22H18N2O4S. The van der Waals surface area contributed by atoms with Gasteiger partial charge in [-0.2, -0.15) is 0 Å². The van der Waals surface area contributed by atoms with Crippen LogP contribution in [0, 0.1) is 0 Å². The van der Waals surface area contributed by atoms with Gasteiger partial charge in [0, 0.05) is 0 Å². The maximum atomic E-state index is 12.6. The fraction of sp³-hybridized carbons (Fsp3) is 0.0909. The first-order valence-corrected chi connectivity index (χ1v) is 10.5. The van der Waals surface area contributed by atoms with Crippen molar-refractivity contribution in [1.82, 2.24) is 10.2 Å². The van der Waals surface area contributed by atoms with Gasteiger partial charge in [0.15, 0.2) is 6.61 Å². The maximum absolute atomic E-state index is 12.6. The van der Waals surface area contributed by atoms with Gasteiger partial charge in [-0.15, -0.1) is 10.2 Å². The van der Waals surface area contributed by atoms with E-state index in [-0.39, 0.29) is 16.4 Å². The van der Waals surface area contributed by atoms with Crippen LogP contribution in [0.2, 0.25) is 0 Å². The number of nitrogens with zero attached hydrogens (tertiary/aromatic N) is 2. The summed E-state index contributed by atoms with van der Waals surface area (Å²) in [6.45, 7) is 0.104. The number of ether oxygens (including phenoxy) is 1. The second-order valence-corrected chi connectivity index (χ2v) is 8.28. The van der Waals surface area contributed by atoms with Gasteiger partial charge in [-0.3, -0.25) is 0 Å². The first-order chi connectivity index (χ1) is 14.1. The highest BCUT2D eigenvalue weighted by Crippen LogP contribution is 2.23. The van der Waals surface area contributed by atoms with Crippen molar-refractivity contribution in [2.24, 2.45) is 0 Å². The number of benzene rings is 3. The molecule has 0 aliphatic rings. The average molecular weight is 406 g/mol. The summed E-state index contributed by atoms with van der Waals surface area (Å²) in [7, 11) is -3.55. The van der Waals surface area contributed by atoms with Crippen molar-refractivity contribution in [1.29, 1.82) is 0 Å². The Morgan fingerprint density at radius 3 is 2.00 bits per heavy atom. The summed E-state index contributed by atoms with van der Waals surface area (Å²) in [6, 6.07) is 24.4. The molecule has 0 fully saturated rings. The molecular weight excluding hydrogens is 388 g/mol. The molecule has 4 rings (SSSR count). The van der Waals surface area contributed by atoms with Crippen LogP contribution in [0.1, 0.15) is 17.3 Å². The third-order valence-corrected chi connectivity index (χ3v) is 6.04. The van der Waals surface area contributed by atoms with Crippen LogP contribution >= 0.6 is 0 Å². The van der Waals surface area contributed by atoms with Crippen molar-refractivity contribution >= 4 is 9.84 Å². The van der Waals surface area contributed by atoms with Crippen molar-refractivity contribution in [3.05, 3.63) is 102 Å². The zero-order valence-electron chi connectivity index (χ0n) is 15.4. The van der Waals surface area contributed by atoms with Gasteiger partial charge in [0.25, 0.3) is 5.89 Å². The molecule has 29 heavy (non-hydrogen) atoms. The van der Waals surface area contributed by atoms with Crippen LogP contribution in [0.3, 0.4) is 0 Å². The van der Waals surface area contributed by atoms with Gasteiger partial charge in [-0.25, -0.2) is 8.42 Å². The minimum Gasteiger partial charge on any atom is -0.484 e. The lowest BCUT2D eigenvalue weighted by molar-refractivity contribution is 0.259. The number of hydrogen-bond acceptors (Lipinski definition) is 6. The van der Waals surface area contributed by atoms with Crippen molar-refractivity contribution in [3.63, 3.8) is 0 Å². The van der Waals surface area contributed by atoms with E-state index >= 15 is 0 Å². The Kier molecular flexibility index (Phi) is 5.39. The summed E-state index contributed by atoms with van der Waals surface area (Å²) in [4.78, 5) is 0.462. The zero-order chi connectivity index (χ0) is 20.1. The molecule has 0 N–H and O–H groups in total. The summed E-state index contributed by atoms with van der Waals surface area (Å²) in [5.41, 5.74) is 1.08. The Hall–Kier alpha value is -3.45. The van der Waals surface area contributed by atoms with Crippen LogP contribution in [-0.2, 0) is 22.9 Å². The highest BCUT2D eigenvalue weighted by Gasteiger charge is 2.17. The number of rotatable bonds is 7. The predicted octanol–water partition coefficient (Wildman–Crippen LogP) is 4.07. The Morgan fingerprint density at radius 1 is 0.724 bits per heavy atom. The first kappa shape index (κ1) is 18.9. The molecule has 0 atom stereocenters. The molecule has 0 saturated heterocycles. The molecule has 0 saturated carbocycles. The molecule has 6 nitrogen and oxygen atoms in total. The van der Waals surface area contributed by atoms with Crippen molar-refractivity contribution in [2.75, 3.05) is 0 Å². The molecule has 1 aromatic heterocycles. The van der Waals surface area contributed by atoms with Gasteiger partial charge in [-0.1, -0.05) is 48.5 Å². The lowest BCUT2D eigenvalue weighted by Gasteiger charge is -2.07. The van der Waals surface area contributed by atoms with E-state index in [9.17, 15) is 8.42 Å². The van der Waals surface area contributed by atoms with Crippen molar-refractivity contribution in [3.8, 4) is 5.75 Å². The molecule has 0 bridgehead atoms. The van der Waals surface area contributed by atoms with E-state index in [1.807, 2.05) is 30.3 Å². The average Bonchev–Trinajstić information content (AvgIpc) is 3.21. The van der Waals surface area contributed by atoms with Gasteiger partial charge in [0.2, 0.25) is 15.7 Å². The summed E-state index contributed by atoms with van der Waals surface area (Å²) < 4.78 is 36.4. The Labute approximate surface area is 168 Å². The molecule has 7 heteroatoms. The molecule has 3 aromatic carbocycles. The molecule has 4 aromatic rings. The van der Waals surface area contributed by atoms with Crippen LogP contribution in [0.25, 0.3) is 0 Å². The summed E-state index contributed by atoms with van der Waals surface area (Å²) >= 11 is 0. The third-order valence-electron chi connectivity index (χ3n) is 4.26. The summed E-state index contributed by atoms with van der Waals surface area (Å²) in [5, 5.41) is 8.01. The van der Waals surface area contributed by atoms with Gasteiger partial charge in [-0.05, 0) is 42.0 Å². The lowest BCUT2D eigenvalue weighted by atomic mass is 10.2. The van der Waals surface area contributed by atoms with Crippen molar-refractivity contribution < 1.29 is 17.6 Å². The fourth-order valence-corrected chi connectivity index (χ4v) is 4.07. The second-order valence-electron chi connectivity index (χ2n) is 6.33. The van der Waals surface area contributed by atoms with Crippen molar-refractivity contribution in [2.45, 2.75) is 22.8 Å². The largest absolute Gasteiger partial charge is 0.484 e. The molecule has 1 heterocycles. The topological polar surface area (TPSA) is 82.3 Å². The molecule has 0 spiro atoms. The summed E-state index contributed by atoms with van der Waals surface area (Å²) in [6.07, 6.45) is 0.555. The van der Waals surface area contributed by atoms with Gasteiger partial charge >= 0.3 is 0 Å². The minimum atomic E-state index is -3.55. The number of aromatic nitrogens is 2. The van der Waals surface area contributed by atoms with Gasteiger partial charge in [0.05, 0.1) is 16.2 Å². The molecule has 0 unspecified atom stereocenters. The van der Waals surface area contributed by atoms with Crippen LogP contribution in [-0.4, -0.2) is 18.6 Å². The highest BCUT2D eigenvalue weighted by molar-refractivity contribution is 7.91. The quantitative estimate of drug-likeness (QED) is 0.460. The van der Waals surface area contributed by atoms with Crippen LogP contribution < -0.4 is 4.74 Å². The second kappa shape index (κ2) is 8.28. The SMILES string of the molecule is O=S(=O)(c1ccccc1)c1ccc(OCc2nnc(Cc3ccccc3)o2)cc1. The summed E-state index contributed by atoms with van der Waals surface area (Å²) in [5.74, 6) is 1.39. The molecule has 0 amide bonds. The Balaban J connectivity index is 1.39. The minimum absolute atomic E-state index is 0.104. The maximum Gasteiger partial charge on any atom is 0.253 e. The smallest absolute Gasteiger partial charge is 0.253 e. The van der Waals surface area contributed by atoms with E-state index in [1.54, 1.807) is 42.5 Å². The van der Waals surface area contributed by atoms with Crippen LogP contribution in [0.4, 0.5) is 0 Å². The van der Waals surface area contributed by atoms with E-state index in [1.165, 1.54) is 12.1 Å². The van der Waals surface area contributed by atoms with Gasteiger partial charge in [0.1, 0.15) is 5.75 Å². The number of sulfone groups is 1. The molecule has 146 valence electrons.